The molecule has 5 heteroatoms. The molecule has 1 heterocycles. The largest absolute Gasteiger partial charge is 0.464 e. The van der Waals surface area contributed by atoms with Crippen molar-refractivity contribution < 1.29 is 13.9 Å². The topological polar surface area (TPSA) is 52.3 Å². The van der Waals surface area contributed by atoms with Crippen LogP contribution in [0.2, 0.25) is 5.02 Å². The Morgan fingerprint density at radius 3 is 2.89 bits per heavy atom. The van der Waals surface area contributed by atoms with Crippen LogP contribution < -0.4 is 0 Å². The molecular formula is C14H12ClNO3. The van der Waals surface area contributed by atoms with E-state index in [0.29, 0.717) is 16.7 Å². The lowest BCUT2D eigenvalue weighted by molar-refractivity contribution is 0.0592. The van der Waals surface area contributed by atoms with Crippen LogP contribution in [-0.2, 0) is 4.74 Å². The molecule has 19 heavy (non-hydrogen) atoms. The molecule has 0 aliphatic heterocycles. The number of methoxy groups -OCH3 is 1. The molecule has 98 valence electrons. The van der Waals surface area contributed by atoms with E-state index < -0.39 is 5.97 Å². The second kappa shape index (κ2) is 4.70. The monoisotopic (exact) mass is 277 g/mol. The maximum Gasteiger partial charge on any atom is 0.360 e. The minimum absolute atomic E-state index is 0.278. The third kappa shape index (κ3) is 2.36. The number of esters is 1. The molecule has 1 fully saturated rings. The first kappa shape index (κ1) is 12.2. The van der Waals surface area contributed by atoms with Gasteiger partial charge in [0.2, 0.25) is 5.89 Å². The van der Waals surface area contributed by atoms with Gasteiger partial charge in [-0.15, -0.1) is 0 Å². The molecule has 1 aliphatic carbocycles. The van der Waals surface area contributed by atoms with Gasteiger partial charge in [0.1, 0.15) is 5.76 Å². The highest BCUT2D eigenvalue weighted by Crippen LogP contribution is 2.43. The Kier molecular flexibility index (Phi) is 3.03. The number of halogens is 1. The van der Waals surface area contributed by atoms with E-state index in [1.807, 2.05) is 12.1 Å². The third-order valence-corrected chi connectivity index (χ3v) is 3.29. The third-order valence-electron chi connectivity index (χ3n) is 3.05. The van der Waals surface area contributed by atoms with Gasteiger partial charge >= 0.3 is 5.97 Å². The summed E-state index contributed by atoms with van der Waals surface area (Å²) in [6.07, 6.45) is 2.04. The van der Waals surface area contributed by atoms with Gasteiger partial charge in [-0.25, -0.2) is 9.78 Å². The lowest BCUT2D eigenvalue weighted by atomic mass is 10.2. The number of ether oxygens (including phenoxy) is 1. The predicted octanol–water partition coefficient (Wildman–Crippen LogP) is 3.66. The number of oxazole rings is 1. The smallest absolute Gasteiger partial charge is 0.360 e. The summed E-state index contributed by atoms with van der Waals surface area (Å²) < 4.78 is 10.5. The Balaban J connectivity index is 2.05. The summed E-state index contributed by atoms with van der Waals surface area (Å²) in [6, 6.07) is 7.19. The molecule has 0 amide bonds. The van der Waals surface area contributed by atoms with E-state index in [1.165, 1.54) is 7.11 Å². The van der Waals surface area contributed by atoms with Crippen LogP contribution in [0.3, 0.4) is 0 Å². The van der Waals surface area contributed by atoms with E-state index in [2.05, 4.69) is 4.98 Å². The fourth-order valence-electron chi connectivity index (χ4n) is 1.94. The standard InChI is InChI=1S/C14H12ClNO3/c1-18-14(17)11-12(8-5-6-8)19-13(16-11)9-3-2-4-10(15)7-9/h2-4,7-8H,5-6H2,1H3. The first-order valence-corrected chi connectivity index (χ1v) is 6.42. The zero-order chi connectivity index (χ0) is 13.4. The van der Waals surface area contributed by atoms with Crippen molar-refractivity contribution in [2.24, 2.45) is 0 Å². The molecule has 0 radical (unpaired) electrons. The number of nitrogens with zero attached hydrogens (tertiary/aromatic N) is 1. The summed E-state index contributed by atoms with van der Waals surface area (Å²) in [7, 11) is 1.34. The van der Waals surface area contributed by atoms with Crippen LogP contribution in [0.4, 0.5) is 0 Å². The van der Waals surface area contributed by atoms with Crippen molar-refractivity contribution >= 4 is 17.6 Å². The van der Waals surface area contributed by atoms with Gasteiger partial charge in [0, 0.05) is 16.5 Å². The molecule has 0 bridgehead atoms. The minimum atomic E-state index is -0.459. The maximum absolute atomic E-state index is 11.7. The first-order valence-electron chi connectivity index (χ1n) is 6.04. The Bertz CT molecular complexity index is 631. The van der Waals surface area contributed by atoms with Gasteiger partial charge in [-0.2, -0.15) is 0 Å². The summed E-state index contributed by atoms with van der Waals surface area (Å²) >= 11 is 5.94. The highest BCUT2D eigenvalue weighted by molar-refractivity contribution is 6.30. The van der Waals surface area contributed by atoms with Crippen molar-refractivity contribution in [1.29, 1.82) is 0 Å². The lowest BCUT2D eigenvalue weighted by Gasteiger charge is -1.95. The summed E-state index contributed by atoms with van der Waals surface area (Å²) in [4.78, 5) is 16.0. The van der Waals surface area contributed by atoms with Gasteiger partial charge in [0.15, 0.2) is 5.69 Å². The van der Waals surface area contributed by atoms with Gasteiger partial charge in [0.05, 0.1) is 7.11 Å². The average Bonchev–Trinajstić information content (AvgIpc) is 3.17. The van der Waals surface area contributed by atoms with Crippen molar-refractivity contribution in [2.75, 3.05) is 7.11 Å². The van der Waals surface area contributed by atoms with Gasteiger partial charge < -0.3 is 9.15 Å². The van der Waals surface area contributed by atoms with E-state index in [1.54, 1.807) is 12.1 Å². The fourth-order valence-corrected chi connectivity index (χ4v) is 2.13. The molecular weight excluding hydrogens is 266 g/mol. The Labute approximate surface area is 115 Å². The minimum Gasteiger partial charge on any atom is -0.464 e. The van der Waals surface area contributed by atoms with Crippen LogP contribution in [0, 0.1) is 0 Å². The number of benzene rings is 1. The molecule has 1 saturated carbocycles. The maximum atomic E-state index is 11.7. The van der Waals surface area contributed by atoms with Crippen LogP contribution >= 0.6 is 11.6 Å². The zero-order valence-corrected chi connectivity index (χ0v) is 11.1. The van der Waals surface area contributed by atoms with Crippen molar-refractivity contribution in [2.45, 2.75) is 18.8 Å². The highest BCUT2D eigenvalue weighted by atomic mass is 35.5. The summed E-state index contributed by atoms with van der Waals surface area (Å²) in [5.74, 6) is 0.861. The number of hydrogen-bond acceptors (Lipinski definition) is 4. The van der Waals surface area contributed by atoms with Crippen LogP contribution in [0.25, 0.3) is 11.5 Å². The summed E-state index contributed by atoms with van der Waals surface area (Å²) in [5, 5.41) is 0.600. The van der Waals surface area contributed by atoms with E-state index in [4.69, 9.17) is 20.8 Å². The second-order valence-electron chi connectivity index (χ2n) is 4.51. The molecule has 0 N–H and O–H groups in total. The Morgan fingerprint density at radius 2 is 2.26 bits per heavy atom. The van der Waals surface area contributed by atoms with Crippen molar-refractivity contribution in [3.8, 4) is 11.5 Å². The molecule has 0 unspecified atom stereocenters. The summed E-state index contributed by atoms with van der Waals surface area (Å²) in [6.45, 7) is 0. The van der Waals surface area contributed by atoms with E-state index in [0.717, 1.165) is 18.4 Å². The Morgan fingerprint density at radius 1 is 1.47 bits per heavy atom. The van der Waals surface area contributed by atoms with Crippen molar-refractivity contribution in [1.82, 2.24) is 4.98 Å². The van der Waals surface area contributed by atoms with Gasteiger partial charge in [-0.05, 0) is 31.0 Å². The molecule has 0 atom stereocenters. The second-order valence-corrected chi connectivity index (χ2v) is 4.94. The van der Waals surface area contributed by atoms with E-state index >= 15 is 0 Å². The van der Waals surface area contributed by atoms with Gasteiger partial charge in [0.25, 0.3) is 0 Å². The van der Waals surface area contributed by atoms with Crippen LogP contribution in [0.15, 0.2) is 28.7 Å². The lowest BCUT2D eigenvalue weighted by Crippen LogP contribution is -2.04. The van der Waals surface area contributed by atoms with Gasteiger partial charge in [-0.3, -0.25) is 0 Å². The molecule has 3 rings (SSSR count). The number of carbonyl (C=O) groups is 1. The molecule has 1 aliphatic rings. The molecule has 1 aromatic heterocycles. The van der Waals surface area contributed by atoms with Crippen LogP contribution in [0.1, 0.15) is 35.0 Å². The fraction of sp³-hybridized carbons (Fsp3) is 0.286. The van der Waals surface area contributed by atoms with Crippen molar-refractivity contribution in [3.05, 3.63) is 40.7 Å². The normalized spacial score (nSPS) is 14.4. The number of carbonyl (C=O) groups excluding carboxylic acids is 1. The number of aromatic nitrogens is 1. The molecule has 4 nitrogen and oxygen atoms in total. The van der Waals surface area contributed by atoms with Crippen molar-refractivity contribution in [3.63, 3.8) is 0 Å². The Hall–Kier alpha value is -1.81. The number of rotatable bonds is 3. The van der Waals surface area contributed by atoms with Gasteiger partial charge in [-0.1, -0.05) is 17.7 Å². The van der Waals surface area contributed by atoms with E-state index in [-0.39, 0.29) is 11.6 Å². The summed E-state index contributed by atoms with van der Waals surface area (Å²) in [5.41, 5.74) is 1.03. The quantitative estimate of drug-likeness (QED) is 0.804. The highest BCUT2D eigenvalue weighted by Gasteiger charge is 2.34. The van der Waals surface area contributed by atoms with Crippen LogP contribution in [-0.4, -0.2) is 18.1 Å². The average molecular weight is 278 g/mol. The van der Waals surface area contributed by atoms with E-state index in [9.17, 15) is 4.79 Å². The molecule has 0 saturated heterocycles. The molecule has 1 aromatic carbocycles. The zero-order valence-electron chi connectivity index (χ0n) is 10.4. The first-order chi connectivity index (χ1) is 9.19. The van der Waals surface area contributed by atoms with Crippen LogP contribution in [0.5, 0.6) is 0 Å². The molecule has 2 aromatic rings. The SMILES string of the molecule is COC(=O)c1nc(-c2cccc(Cl)c2)oc1C1CC1. The number of hydrogen-bond donors (Lipinski definition) is 0. The molecule has 0 spiro atoms. The predicted molar refractivity (Wildman–Crippen MR) is 70.3 cm³/mol.